The predicted molar refractivity (Wildman–Crippen MR) is 71.9 cm³/mol. The quantitative estimate of drug-likeness (QED) is 0.622. The highest BCUT2D eigenvalue weighted by Crippen LogP contribution is 2.13. The van der Waals surface area contributed by atoms with Crippen molar-refractivity contribution in [2.45, 2.75) is 0 Å². The first-order valence-electron chi connectivity index (χ1n) is 5.58. The van der Waals surface area contributed by atoms with Gasteiger partial charge in [-0.1, -0.05) is 6.07 Å². The molecule has 1 aromatic heterocycles. The number of ketones is 1. The summed E-state index contributed by atoms with van der Waals surface area (Å²) in [7, 11) is 1.55. The number of benzene rings is 1. The number of rotatable bonds is 5. The summed E-state index contributed by atoms with van der Waals surface area (Å²) in [5.41, 5.74) is 0.389. The first kappa shape index (κ1) is 13.3. The van der Waals surface area contributed by atoms with E-state index >= 15 is 0 Å². The van der Waals surface area contributed by atoms with Gasteiger partial charge in [0.05, 0.1) is 17.6 Å². The van der Waals surface area contributed by atoms with E-state index in [-0.39, 0.29) is 12.4 Å². The van der Waals surface area contributed by atoms with Gasteiger partial charge in [-0.15, -0.1) is 11.3 Å². The van der Waals surface area contributed by atoms with Gasteiger partial charge in [-0.3, -0.25) is 4.79 Å². The van der Waals surface area contributed by atoms with Crippen LogP contribution in [0.1, 0.15) is 20.0 Å². The molecule has 0 amide bonds. The normalized spacial score (nSPS) is 9.95. The van der Waals surface area contributed by atoms with Gasteiger partial charge in [0.2, 0.25) is 5.78 Å². The predicted octanol–water partition coefficient (Wildman–Crippen LogP) is 2.80. The Hall–Kier alpha value is -2.14. The van der Waals surface area contributed by atoms with Crippen molar-refractivity contribution >= 4 is 23.1 Å². The molecule has 0 fully saturated rings. The van der Waals surface area contributed by atoms with Gasteiger partial charge in [0.15, 0.2) is 6.61 Å². The third kappa shape index (κ3) is 3.42. The molecule has 0 unspecified atom stereocenters. The van der Waals surface area contributed by atoms with E-state index in [9.17, 15) is 9.59 Å². The number of hydrogen-bond donors (Lipinski definition) is 0. The summed E-state index contributed by atoms with van der Waals surface area (Å²) < 4.78 is 9.96. The van der Waals surface area contributed by atoms with Gasteiger partial charge in [0, 0.05) is 0 Å². The summed E-state index contributed by atoms with van der Waals surface area (Å²) >= 11 is 1.33. The van der Waals surface area contributed by atoms with E-state index in [4.69, 9.17) is 9.47 Å². The van der Waals surface area contributed by atoms with Crippen LogP contribution in [0.4, 0.5) is 0 Å². The molecular formula is C14H12O4S. The Morgan fingerprint density at radius 1 is 1.16 bits per heavy atom. The molecule has 1 heterocycles. The molecule has 0 aliphatic carbocycles. The van der Waals surface area contributed by atoms with Crippen LogP contribution in [0.25, 0.3) is 0 Å². The molecule has 98 valence electrons. The second kappa shape index (κ2) is 6.15. The van der Waals surface area contributed by atoms with Gasteiger partial charge in [-0.05, 0) is 35.7 Å². The molecule has 2 aromatic rings. The molecule has 19 heavy (non-hydrogen) atoms. The van der Waals surface area contributed by atoms with Gasteiger partial charge in [-0.2, -0.15) is 0 Å². The van der Waals surface area contributed by atoms with E-state index in [1.807, 2.05) is 0 Å². The van der Waals surface area contributed by atoms with Crippen LogP contribution in [0.2, 0.25) is 0 Å². The summed E-state index contributed by atoms with van der Waals surface area (Å²) in [5, 5.41) is 1.80. The lowest BCUT2D eigenvalue weighted by Gasteiger charge is -2.04. The molecule has 0 radical (unpaired) electrons. The maximum Gasteiger partial charge on any atom is 0.338 e. The van der Waals surface area contributed by atoms with Crippen molar-refractivity contribution in [3.8, 4) is 5.75 Å². The topological polar surface area (TPSA) is 52.6 Å². The van der Waals surface area contributed by atoms with Crippen LogP contribution >= 0.6 is 11.3 Å². The highest BCUT2D eigenvalue weighted by molar-refractivity contribution is 7.12. The van der Waals surface area contributed by atoms with E-state index in [0.29, 0.717) is 16.2 Å². The number of carbonyl (C=O) groups excluding carboxylic acids is 2. The number of ether oxygens (including phenoxy) is 2. The third-order valence-electron chi connectivity index (χ3n) is 2.46. The molecule has 4 nitrogen and oxygen atoms in total. The molecule has 0 N–H and O–H groups in total. The maximum absolute atomic E-state index is 11.7. The largest absolute Gasteiger partial charge is 0.497 e. The van der Waals surface area contributed by atoms with E-state index < -0.39 is 5.97 Å². The minimum absolute atomic E-state index is 0.197. The Kier molecular flexibility index (Phi) is 4.30. The molecular weight excluding hydrogens is 264 g/mol. The summed E-state index contributed by atoms with van der Waals surface area (Å²) in [6, 6.07) is 10.0. The fraction of sp³-hybridized carbons (Fsp3) is 0.143. The minimum atomic E-state index is -0.521. The van der Waals surface area contributed by atoms with Gasteiger partial charge < -0.3 is 9.47 Å². The van der Waals surface area contributed by atoms with Gasteiger partial charge in [0.1, 0.15) is 5.75 Å². The number of Topliss-reactive ketones (excluding diaryl/α,β-unsaturated/α-hetero) is 1. The zero-order chi connectivity index (χ0) is 13.7. The van der Waals surface area contributed by atoms with Gasteiger partial charge >= 0.3 is 5.97 Å². The Morgan fingerprint density at radius 3 is 2.47 bits per heavy atom. The van der Waals surface area contributed by atoms with E-state index in [2.05, 4.69) is 0 Å². The number of esters is 1. The highest BCUT2D eigenvalue weighted by Gasteiger charge is 2.12. The minimum Gasteiger partial charge on any atom is -0.497 e. The summed E-state index contributed by atoms with van der Waals surface area (Å²) in [5.74, 6) is -0.0596. The van der Waals surface area contributed by atoms with Crippen molar-refractivity contribution in [2.75, 3.05) is 13.7 Å². The first-order chi connectivity index (χ1) is 9.20. The molecule has 0 saturated carbocycles. The van der Waals surface area contributed by atoms with Gasteiger partial charge in [-0.25, -0.2) is 4.79 Å². The number of thiophene rings is 1. The Labute approximate surface area is 114 Å². The zero-order valence-corrected chi connectivity index (χ0v) is 11.1. The first-order valence-corrected chi connectivity index (χ1v) is 6.46. The molecule has 0 aliphatic rings. The Bertz CT molecular complexity index is 558. The highest BCUT2D eigenvalue weighted by atomic mass is 32.1. The molecule has 5 heteroatoms. The third-order valence-corrected chi connectivity index (χ3v) is 3.37. The molecule has 1 aromatic carbocycles. The van der Waals surface area contributed by atoms with Crippen LogP contribution in [-0.2, 0) is 4.74 Å². The standard InChI is InChI=1S/C14H12O4S/c1-17-11-6-4-10(5-7-11)14(16)18-9-12(15)13-3-2-8-19-13/h2-8H,9H2,1H3. The number of hydrogen-bond acceptors (Lipinski definition) is 5. The van der Waals surface area contributed by atoms with Crippen LogP contribution in [0.3, 0.4) is 0 Å². The van der Waals surface area contributed by atoms with Crippen molar-refractivity contribution in [3.63, 3.8) is 0 Å². The van der Waals surface area contributed by atoms with Crippen LogP contribution in [0.15, 0.2) is 41.8 Å². The molecule has 0 saturated heterocycles. The second-order valence-electron chi connectivity index (χ2n) is 3.71. The summed E-state index contributed by atoms with van der Waals surface area (Å²) in [4.78, 5) is 23.9. The molecule has 2 rings (SSSR count). The number of methoxy groups -OCH3 is 1. The van der Waals surface area contributed by atoms with Gasteiger partial charge in [0.25, 0.3) is 0 Å². The summed E-state index contributed by atoms with van der Waals surface area (Å²) in [6.07, 6.45) is 0. The van der Waals surface area contributed by atoms with Crippen LogP contribution in [-0.4, -0.2) is 25.5 Å². The molecule has 0 spiro atoms. The molecule has 0 atom stereocenters. The smallest absolute Gasteiger partial charge is 0.338 e. The fourth-order valence-electron chi connectivity index (χ4n) is 1.45. The lowest BCUT2D eigenvalue weighted by Crippen LogP contribution is -2.13. The SMILES string of the molecule is COc1ccc(C(=O)OCC(=O)c2cccs2)cc1. The van der Waals surface area contributed by atoms with Crippen molar-refractivity contribution in [2.24, 2.45) is 0 Å². The van der Waals surface area contributed by atoms with Crippen LogP contribution in [0.5, 0.6) is 5.75 Å². The van der Waals surface area contributed by atoms with E-state index in [1.54, 1.807) is 48.9 Å². The lowest BCUT2D eigenvalue weighted by atomic mass is 10.2. The fourth-order valence-corrected chi connectivity index (χ4v) is 2.10. The van der Waals surface area contributed by atoms with E-state index in [0.717, 1.165) is 0 Å². The van der Waals surface area contributed by atoms with E-state index in [1.165, 1.54) is 11.3 Å². The molecule has 0 aliphatic heterocycles. The lowest BCUT2D eigenvalue weighted by molar-refractivity contribution is 0.0476. The maximum atomic E-state index is 11.7. The average Bonchev–Trinajstić information content (AvgIpc) is 2.98. The van der Waals surface area contributed by atoms with Crippen molar-refractivity contribution < 1.29 is 19.1 Å². The zero-order valence-electron chi connectivity index (χ0n) is 10.3. The average molecular weight is 276 g/mol. The monoisotopic (exact) mass is 276 g/mol. The van der Waals surface area contributed by atoms with Crippen molar-refractivity contribution in [1.29, 1.82) is 0 Å². The summed E-state index contributed by atoms with van der Waals surface area (Å²) in [6.45, 7) is -0.245. The van der Waals surface area contributed by atoms with Crippen molar-refractivity contribution in [1.82, 2.24) is 0 Å². The Balaban J connectivity index is 1.92. The number of carbonyl (C=O) groups is 2. The second-order valence-corrected chi connectivity index (χ2v) is 4.65. The van der Waals surface area contributed by atoms with Crippen LogP contribution < -0.4 is 4.74 Å². The Morgan fingerprint density at radius 2 is 1.89 bits per heavy atom. The van der Waals surface area contributed by atoms with Crippen molar-refractivity contribution in [3.05, 3.63) is 52.2 Å². The molecule has 0 bridgehead atoms. The van der Waals surface area contributed by atoms with Crippen LogP contribution in [0, 0.1) is 0 Å².